The lowest BCUT2D eigenvalue weighted by Crippen LogP contribution is -2.18. The van der Waals surface area contributed by atoms with Crippen molar-refractivity contribution < 1.29 is 9.13 Å². The summed E-state index contributed by atoms with van der Waals surface area (Å²) in [6, 6.07) is 4.46. The van der Waals surface area contributed by atoms with Crippen molar-refractivity contribution in [1.82, 2.24) is 20.3 Å². The number of hydrogen-bond acceptors (Lipinski definition) is 4. The van der Waals surface area contributed by atoms with E-state index in [0.29, 0.717) is 30.3 Å². The second-order valence-corrected chi connectivity index (χ2v) is 4.75. The van der Waals surface area contributed by atoms with E-state index in [1.54, 1.807) is 24.1 Å². The molecular weight excluding hydrogens is 283 g/mol. The Morgan fingerprint density at radius 2 is 2.30 bits per heavy atom. The minimum atomic E-state index is -0.301. The van der Waals surface area contributed by atoms with Gasteiger partial charge < -0.3 is 10.1 Å². The van der Waals surface area contributed by atoms with Gasteiger partial charge in [0.2, 0.25) is 0 Å². The van der Waals surface area contributed by atoms with Crippen molar-refractivity contribution >= 4 is 11.6 Å². The van der Waals surface area contributed by atoms with Crippen LogP contribution in [0.4, 0.5) is 4.39 Å². The largest absolute Gasteiger partial charge is 0.383 e. The van der Waals surface area contributed by atoms with E-state index in [-0.39, 0.29) is 5.82 Å². The molecule has 2 rings (SSSR count). The Morgan fingerprint density at radius 1 is 1.45 bits per heavy atom. The first-order valence-corrected chi connectivity index (χ1v) is 6.59. The highest BCUT2D eigenvalue weighted by Crippen LogP contribution is 2.15. The standard InChI is InChI=1S/C13H16ClFN4O/c1-20-5-4-16-7-12-9-19(18-17-12)8-10-6-11(14)2-3-13(10)15/h2-3,6,9,16H,4-5,7-8H2,1H3. The topological polar surface area (TPSA) is 52.0 Å². The molecule has 108 valence electrons. The van der Waals surface area contributed by atoms with E-state index in [1.165, 1.54) is 12.1 Å². The zero-order valence-corrected chi connectivity index (χ0v) is 11.9. The molecule has 0 atom stereocenters. The van der Waals surface area contributed by atoms with Crippen molar-refractivity contribution in [3.8, 4) is 0 Å². The van der Waals surface area contributed by atoms with Gasteiger partial charge >= 0.3 is 0 Å². The maximum Gasteiger partial charge on any atom is 0.128 e. The Kier molecular flexibility index (Phi) is 5.46. The van der Waals surface area contributed by atoms with Gasteiger partial charge in [-0.05, 0) is 18.2 Å². The van der Waals surface area contributed by atoms with E-state index in [4.69, 9.17) is 16.3 Å². The molecule has 0 radical (unpaired) electrons. The van der Waals surface area contributed by atoms with Gasteiger partial charge in [-0.2, -0.15) is 0 Å². The smallest absolute Gasteiger partial charge is 0.128 e. The van der Waals surface area contributed by atoms with Crippen molar-refractivity contribution in [1.29, 1.82) is 0 Å². The molecule has 1 heterocycles. The lowest BCUT2D eigenvalue weighted by molar-refractivity contribution is 0.199. The first-order chi connectivity index (χ1) is 9.69. The normalized spacial score (nSPS) is 10.9. The molecule has 1 aromatic heterocycles. The highest BCUT2D eigenvalue weighted by molar-refractivity contribution is 6.30. The summed E-state index contributed by atoms with van der Waals surface area (Å²) in [7, 11) is 1.65. The number of ether oxygens (including phenoxy) is 1. The van der Waals surface area contributed by atoms with Crippen LogP contribution in [0.2, 0.25) is 5.02 Å². The molecule has 0 aliphatic rings. The van der Waals surface area contributed by atoms with Crippen LogP contribution in [0, 0.1) is 5.82 Å². The third kappa shape index (κ3) is 4.26. The molecule has 0 saturated carbocycles. The summed E-state index contributed by atoms with van der Waals surface area (Å²) in [5.41, 5.74) is 1.28. The molecule has 0 unspecified atom stereocenters. The van der Waals surface area contributed by atoms with Crippen LogP contribution in [-0.2, 0) is 17.8 Å². The Hall–Kier alpha value is -1.50. The van der Waals surface area contributed by atoms with E-state index in [9.17, 15) is 4.39 Å². The Balaban J connectivity index is 1.93. The van der Waals surface area contributed by atoms with Crippen LogP contribution < -0.4 is 5.32 Å². The van der Waals surface area contributed by atoms with Crippen molar-refractivity contribution in [3.05, 3.63) is 46.5 Å². The molecule has 1 aromatic carbocycles. The number of nitrogens with zero attached hydrogens (tertiary/aromatic N) is 3. The van der Waals surface area contributed by atoms with Gasteiger partial charge in [-0.1, -0.05) is 16.8 Å². The Labute approximate surface area is 121 Å². The summed E-state index contributed by atoms with van der Waals surface area (Å²) >= 11 is 5.85. The van der Waals surface area contributed by atoms with Crippen LogP contribution in [-0.4, -0.2) is 35.3 Å². The van der Waals surface area contributed by atoms with Gasteiger partial charge in [0.25, 0.3) is 0 Å². The van der Waals surface area contributed by atoms with Gasteiger partial charge in [0, 0.05) is 30.8 Å². The molecule has 1 N–H and O–H groups in total. The summed E-state index contributed by atoms with van der Waals surface area (Å²) in [6.45, 7) is 2.28. The SMILES string of the molecule is COCCNCc1cn(Cc2cc(Cl)ccc2F)nn1. The fourth-order valence-electron chi connectivity index (χ4n) is 1.73. The molecular formula is C13H16ClFN4O. The summed E-state index contributed by atoms with van der Waals surface area (Å²) in [5, 5.41) is 11.7. The fraction of sp³-hybridized carbons (Fsp3) is 0.385. The van der Waals surface area contributed by atoms with Crippen LogP contribution in [0.5, 0.6) is 0 Å². The van der Waals surface area contributed by atoms with Crippen molar-refractivity contribution in [2.45, 2.75) is 13.1 Å². The summed E-state index contributed by atoms with van der Waals surface area (Å²) < 4.78 is 20.1. The van der Waals surface area contributed by atoms with Crippen molar-refractivity contribution in [3.63, 3.8) is 0 Å². The van der Waals surface area contributed by atoms with Crippen LogP contribution in [0.1, 0.15) is 11.3 Å². The summed E-state index contributed by atoms with van der Waals surface area (Å²) in [4.78, 5) is 0. The minimum Gasteiger partial charge on any atom is -0.383 e. The van der Waals surface area contributed by atoms with Crippen LogP contribution in [0.3, 0.4) is 0 Å². The third-order valence-electron chi connectivity index (χ3n) is 2.72. The van der Waals surface area contributed by atoms with Crippen LogP contribution in [0.25, 0.3) is 0 Å². The third-order valence-corrected chi connectivity index (χ3v) is 2.95. The molecule has 2 aromatic rings. The Morgan fingerprint density at radius 3 is 3.10 bits per heavy atom. The number of rotatable bonds is 7. The molecule has 5 nitrogen and oxygen atoms in total. The average molecular weight is 299 g/mol. The number of methoxy groups -OCH3 is 1. The number of hydrogen-bond donors (Lipinski definition) is 1. The molecule has 0 spiro atoms. The minimum absolute atomic E-state index is 0.301. The maximum atomic E-state index is 13.6. The maximum absolute atomic E-state index is 13.6. The highest BCUT2D eigenvalue weighted by atomic mass is 35.5. The van der Waals surface area contributed by atoms with Crippen molar-refractivity contribution in [2.24, 2.45) is 0 Å². The number of nitrogens with one attached hydrogen (secondary N) is 1. The van der Waals surface area contributed by atoms with Crippen molar-refractivity contribution in [2.75, 3.05) is 20.3 Å². The zero-order chi connectivity index (χ0) is 14.4. The van der Waals surface area contributed by atoms with E-state index in [2.05, 4.69) is 15.6 Å². The van der Waals surface area contributed by atoms with E-state index < -0.39 is 0 Å². The van der Waals surface area contributed by atoms with Gasteiger partial charge in [-0.25, -0.2) is 9.07 Å². The second-order valence-electron chi connectivity index (χ2n) is 4.31. The highest BCUT2D eigenvalue weighted by Gasteiger charge is 2.06. The quantitative estimate of drug-likeness (QED) is 0.793. The second kappa shape index (κ2) is 7.33. The van der Waals surface area contributed by atoms with Gasteiger partial charge in [0.1, 0.15) is 5.82 Å². The lowest BCUT2D eigenvalue weighted by Gasteiger charge is -2.03. The molecule has 7 heteroatoms. The number of benzene rings is 1. The molecule has 0 amide bonds. The number of aromatic nitrogens is 3. The summed E-state index contributed by atoms with van der Waals surface area (Å²) in [5.74, 6) is -0.301. The fourth-order valence-corrected chi connectivity index (χ4v) is 1.92. The van der Waals surface area contributed by atoms with Crippen LogP contribution in [0.15, 0.2) is 24.4 Å². The zero-order valence-electron chi connectivity index (χ0n) is 11.1. The molecule has 0 aliphatic heterocycles. The molecule has 0 bridgehead atoms. The van der Waals surface area contributed by atoms with E-state index in [0.717, 1.165) is 12.2 Å². The average Bonchev–Trinajstić information content (AvgIpc) is 2.87. The van der Waals surface area contributed by atoms with Gasteiger partial charge in [-0.3, -0.25) is 0 Å². The van der Waals surface area contributed by atoms with Gasteiger partial charge in [0.05, 0.1) is 25.0 Å². The van der Waals surface area contributed by atoms with E-state index in [1.807, 2.05) is 0 Å². The predicted octanol–water partition coefficient (Wildman–Crippen LogP) is 1.85. The number of halogens is 2. The first kappa shape index (κ1) is 14.9. The predicted molar refractivity (Wildman–Crippen MR) is 74.1 cm³/mol. The summed E-state index contributed by atoms with van der Waals surface area (Å²) in [6.07, 6.45) is 1.78. The first-order valence-electron chi connectivity index (χ1n) is 6.21. The van der Waals surface area contributed by atoms with Crippen LogP contribution >= 0.6 is 11.6 Å². The van der Waals surface area contributed by atoms with E-state index >= 15 is 0 Å². The van der Waals surface area contributed by atoms with Gasteiger partial charge in [-0.15, -0.1) is 5.10 Å². The molecule has 20 heavy (non-hydrogen) atoms. The Bertz CT molecular complexity index is 561. The van der Waals surface area contributed by atoms with Gasteiger partial charge in [0.15, 0.2) is 0 Å². The molecule has 0 saturated heterocycles. The molecule has 0 fully saturated rings. The molecule has 0 aliphatic carbocycles. The monoisotopic (exact) mass is 298 g/mol. The lowest BCUT2D eigenvalue weighted by atomic mass is 10.2.